The number of anilines is 3. The number of para-hydroxylation sites is 2. The third-order valence-corrected chi connectivity index (χ3v) is 3.60. The van der Waals surface area contributed by atoms with Gasteiger partial charge >= 0.3 is 0 Å². The molecule has 2 aromatic rings. The summed E-state index contributed by atoms with van der Waals surface area (Å²) in [6.07, 6.45) is 0. The van der Waals surface area contributed by atoms with Gasteiger partial charge in [-0.05, 0) is 37.3 Å². The number of likely N-dealkylation sites (N-methyl/N-ethyl adjacent to an activating group) is 1. The first-order chi connectivity index (χ1) is 10.1. The van der Waals surface area contributed by atoms with Gasteiger partial charge in [0, 0.05) is 16.7 Å². The monoisotopic (exact) mass is 347 g/mol. The summed E-state index contributed by atoms with van der Waals surface area (Å²) in [5.74, 6) is -0.0711. The number of nitrogens with zero attached hydrogens (tertiary/aromatic N) is 1. The number of nitrogens with one attached hydrogen (secondary N) is 1. The van der Waals surface area contributed by atoms with Crippen molar-refractivity contribution >= 4 is 38.9 Å². The van der Waals surface area contributed by atoms with Crippen molar-refractivity contribution in [1.29, 1.82) is 0 Å². The van der Waals surface area contributed by atoms with E-state index in [4.69, 9.17) is 5.73 Å². The zero-order chi connectivity index (χ0) is 15.2. The largest absolute Gasteiger partial charge is 0.397 e. The van der Waals surface area contributed by atoms with E-state index < -0.39 is 0 Å². The second-order valence-electron chi connectivity index (χ2n) is 4.63. The quantitative estimate of drug-likeness (QED) is 0.813. The summed E-state index contributed by atoms with van der Waals surface area (Å²) in [4.78, 5) is 14.1. The highest BCUT2D eigenvalue weighted by atomic mass is 79.9. The summed E-state index contributed by atoms with van der Waals surface area (Å²) in [5.41, 5.74) is 8.29. The summed E-state index contributed by atoms with van der Waals surface area (Å²) in [7, 11) is 0. The van der Waals surface area contributed by atoms with Gasteiger partial charge in [-0.2, -0.15) is 0 Å². The number of nitrogen functional groups attached to an aromatic ring is 1. The highest BCUT2D eigenvalue weighted by molar-refractivity contribution is 9.10. The number of carbonyl (C=O) groups excluding carboxylic acids is 1. The van der Waals surface area contributed by atoms with E-state index in [1.807, 2.05) is 60.4 Å². The van der Waals surface area contributed by atoms with Crippen LogP contribution in [0.3, 0.4) is 0 Å². The fraction of sp³-hybridized carbons (Fsp3) is 0.188. The Morgan fingerprint density at radius 1 is 1.24 bits per heavy atom. The molecule has 3 N–H and O–H groups in total. The van der Waals surface area contributed by atoms with Crippen molar-refractivity contribution < 1.29 is 4.79 Å². The predicted molar refractivity (Wildman–Crippen MR) is 91.5 cm³/mol. The highest BCUT2D eigenvalue weighted by Gasteiger charge is 2.12. The Hall–Kier alpha value is -2.01. The van der Waals surface area contributed by atoms with E-state index in [1.54, 1.807) is 0 Å². The van der Waals surface area contributed by atoms with Crippen LogP contribution in [0.25, 0.3) is 0 Å². The zero-order valence-electron chi connectivity index (χ0n) is 11.8. The van der Waals surface area contributed by atoms with Gasteiger partial charge in [0.05, 0.1) is 17.9 Å². The van der Waals surface area contributed by atoms with Crippen molar-refractivity contribution in [2.24, 2.45) is 0 Å². The van der Waals surface area contributed by atoms with Gasteiger partial charge in [0.15, 0.2) is 0 Å². The van der Waals surface area contributed by atoms with Crippen molar-refractivity contribution in [2.75, 3.05) is 29.0 Å². The van der Waals surface area contributed by atoms with Crippen molar-refractivity contribution in [3.05, 3.63) is 53.0 Å². The maximum atomic E-state index is 12.2. The van der Waals surface area contributed by atoms with Gasteiger partial charge in [-0.3, -0.25) is 4.79 Å². The molecule has 1 amide bonds. The molecular formula is C16H18BrN3O. The molecule has 0 atom stereocenters. The lowest BCUT2D eigenvalue weighted by Gasteiger charge is -2.23. The summed E-state index contributed by atoms with van der Waals surface area (Å²) in [5, 5.41) is 2.89. The number of rotatable bonds is 5. The van der Waals surface area contributed by atoms with Crippen LogP contribution in [0.2, 0.25) is 0 Å². The van der Waals surface area contributed by atoms with Crippen molar-refractivity contribution in [3.63, 3.8) is 0 Å². The molecule has 0 fully saturated rings. The average Bonchev–Trinajstić information content (AvgIpc) is 2.45. The fourth-order valence-corrected chi connectivity index (χ4v) is 2.48. The van der Waals surface area contributed by atoms with Gasteiger partial charge in [0.25, 0.3) is 0 Å². The first-order valence-corrected chi connectivity index (χ1v) is 7.54. The van der Waals surface area contributed by atoms with Gasteiger partial charge in [0.2, 0.25) is 5.91 Å². The minimum atomic E-state index is -0.0711. The fourth-order valence-electron chi connectivity index (χ4n) is 2.08. The molecule has 0 aliphatic heterocycles. The molecular weight excluding hydrogens is 330 g/mol. The van der Waals surface area contributed by atoms with E-state index in [1.165, 1.54) is 0 Å². The second kappa shape index (κ2) is 7.13. The lowest BCUT2D eigenvalue weighted by molar-refractivity contribution is -0.115. The lowest BCUT2D eigenvalue weighted by atomic mass is 10.2. The Labute approximate surface area is 133 Å². The van der Waals surface area contributed by atoms with Crippen LogP contribution in [-0.2, 0) is 4.79 Å². The Morgan fingerprint density at radius 3 is 2.67 bits per heavy atom. The molecule has 21 heavy (non-hydrogen) atoms. The number of amides is 1. The highest BCUT2D eigenvalue weighted by Crippen LogP contribution is 2.22. The molecule has 0 saturated heterocycles. The molecule has 0 aromatic heterocycles. The Kier molecular flexibility index (Phi) is 5.22. The van der Waals surface area contributed by atoms with Crippen LogP contribution in [-0.4, -0.2) is 19.0 Å². The Bertz CT molecular complexity index is 630. The molecule has 0 aliphatic rings. The minimum Gasteiger partial charge on any atom is -0.397 e. The van der Waals surface area contributed by atoms with Gasteiger partial charge in [-0.25, -0.2) is 0 Å². The van der Waals surface area contributed by atoms with E-state index in [2.05, 4.69) is 21.2 Å². The van der Waals surface area contributed by atoms with Crippen LogP contribution >= 0.6 is 15.9 Å². The Morgan fingerprint density at radius 2 is 2.00 bits per heavy atom. The van der Waals surface area contributed by atoms with E-state index in [0.717, 1.165) is 15.8 Å². The number of benzene rings is 2. The molecule has 0 unspecified atom stereocenters. The Balaban J connectivity index is 2.05. The number of carbonyl (C=O) groups is 1. The molecule has 2 aromatic carbocycles. The standard InChI is InChI=1S/C16H18BrN3O/c1-2-20(15-9-4-3-8-14(15)18)11-16(21)19-13-7-5-6-12(17)10-13/h3-10H,2,11,18H2,1H3,(H,19,21). The van der Waals surface area contributed by atoms with Crippen LogP contribution in [0, 0.1) is 0 Å². The van der Waals surface area contributed by atoms with E-state index >= 15 is 0 Å². The first kappa shape index (κ1) is 15.4. The number of hydrogen-bond donors (Lipinski definition) is 2. The molecule has 5 heteroatoms. The first-order valence-electron chi connectivity index (χ1n) is 6.75. The van der Waals surface area contributed by atoms with E-state index in [-0.39, 0.29) is 12.5 Å². The van der Waals surface area contributed by atoms with Gasteiger partial charge in [0.1, 0.15) is 0 Å². The molecule has 0 bridgehead atoms. The van der Waals surface area contributed by atoms with E-state index in [9.17, 15) is 4.79 Å². The molecule has 0 spiro atoms. The predicted octanol–water partition coefficient (Wildman–Crippen LogP) is 3.50. The molecule has 0 aliphatic carbocycles. The van der Waals surface area contributed by atoms with E-state index in [0.29, 0.717) is 12.2 Å². The average molecular weight is 348 g/mol. The van der Waals surface area contributed by atoms with Crippen LogP contribution in [0.4, 0.5) is 17.1 Å². The van der Waals surface area contributed by atoms with Crippen LogP contribution in [0.1, 0.15) is 6.92 Å². The minimum absolute atomic E-state index is 0.0711. The third-order valence-electron chi connectivity index (χ3n) is 3.10. The molecule has 0 radical (unpaired) electrons. The molecule has 110 valence electrons. The second-order valence-corrected chi connectivity index (χ2v) is 5.55. The SMILES string of the molecule is CCN(CC(=O)Nc1cccc(Br)c1)c1ccccc1N. The normalized spacial score (nSPS) is 10.2. The lowest BCUT2D eigenvalue weighted by Crippen LogP contribution is -2.33. The number of nitrogens with two attached hydrogens (primary N) is 1. The van der Waals surface area contributed by atoms with Crippen LogP contribution in [0.5, 0.6) is 0 Å². The van der Waals surface area contributed by atoms with Crippen LogP contribution < -0.4 is 16.0 Å². The van der Waals surface area contributed by atoms with Gasteiger partial charge < -0.3 is 16.0 Å². The maximum absolute atomic E-state index is 12.2. The summed E-state index contributed by atoms with van der Waals surface area (Å²) in [6.45, 7) is 2.97. The number of halogens is 1. The van der Waals surface area contributed by atoms with Gasteiger partial charge in [-0.15, -0.1) is 0 Å². The maximum Gasteiger partial charge on any atom is 0.243 e. The zero-order valence-corrected chi connectivity index (χ0v) is 13.4. The van der Waals surface area contributed by atoms with Gasteiger partial charge in [-0.1, -0.05) is 34.1 Å². The summed E-state index contributed by atoms with van der Waals surface area (Å²) in [6, 6.07) is 15.1. The van der Waals surface area contributed by atoms with Crippen molar-refractivity contribution in [3.8, 4) is 0 Å². The smallest absolute Gasteiger partial charge is 0.243 e. The summed E-state index contributed by atoms with van der Waals surface area (Å²) < 4.78 is 0.931. The summed E-state index contributed by atoms with van der Waals surface area (Å²) >= 11 is 3.38. The van der Waals surface area contributed by atoms with Crippen molar-refractivity contribution in [1.82, 2.24) is 0 Å². The molecule has 0 saturated carbocycles. The number of hydrogen-bond acceptors (Lipinski definition) is 3. The topological polar surface area (TPSA) is 58.4 Å². The molecule has 0 heterocycles. The third kappa shape index (κ3) is 4.23. The molecule has 4 nitrogen and oxygen atoms in total. The van der Waals surface area contributed by atoms with Crippen LogP contribution in [0.15, 0.2) is 53.0 Å². The molecule has 2 rings (SSSR count). The van der Waals surface area contributed by atoms with Crippen molar-refractivity contribution in [2.45, 2.75) is 6.92 Å².